The number of benzene rings is 2. The lowest BCUT2D eigenvalue weighted by atomic mass is 10.1. The van der Waals surface area contributed by atoms with E-state index in [1.807, 2.05) is 49.4 Å². The highest BCUT2D eigenvalue weighted by molar-refractivity contribution is 5.93. The highest BCUT2D eigenvalue weighted by Gasteiger charge is 2.11. The van der Waals surface area contributed by atoms with Crippen LogP contribution in [0, 0.1) is 0 Å². The highest BCUT2D eigenvalue weighted by atomic mass is 16.5. The molecular formula is C20H25N3O3. The smallest absolute Gasteiger partial charge is 0.196 e. The highest BCUT2D eigenvalue weighted by Crippen LogP contribution is 2.32. The molecule has 0 aromatic heterocycles. The number of aliphatic hydroxyl groups excluding tert-OH is 1. The Labute approximate surface area is 153 Å². The van der Waals surface area contributed by atoms with Gasteiger partial charge in [-0.1, -0.05) is 24.3 Å². The summed E-state index contributed by atoms with van der Waals surface area (Å²) in [6, 6.07) is 13.5. The molecule has 1 aliphatic rings. The third-order valence-electron chi connectivity index (χ3n) is 4.05. The number of guanidine groups is 1. The number of hydrogen-bond acceptors (Lipinski definition) is 4. The molecule has 0 fully saturated rings. The Hall–Kier alpha value is -2.73. The van der Waals surface area contributed by atoms with Crippen LogP contribution in [0.1, 0.15) is 24.5 Å². The van der Waals surface area contributed by atoms with Gasteiger partial charge in [-0.25, -0.2) is 4.99 Å². The normalized spacial score (nSPS) is 13.8. The predicted octanol–water partition coefficient (Wildman–Crippen LogP) is 2.92. The van der Waals surface area contributed by atoms with Crippen LogP contribution in [0.3, 0.4) is 0 Å². The molecule has 0 atom stereocenters. The summed E-state index contributed by atoms with van der Waals surface area (Å²) < 4.78 is 11.4. The number of nitrogens with zero attached hydrogens (tertiary/aromatic N) is 1. The molecule has 6 heteroatoms. The van der Waals surface area contributed by atoms with Gasteiger partial charge in [-0.15, -0.1) is 0 Å². The molecule has 0 radical (unpaired) electrons. The van der Waals surface area contributed by atoms with Crippen molar-refractivity contribution < 1.29 is 14.6 Å². The minimum absolute atomic E-state index is 0.0117. The van der Waals surface area contributed by atoms with Crippen molar-refractivity contribution in [2.24, 2.45) is 4.99 Å². The van der Waals surface area contributed by atoms with Crippen molar-refractivity contribution in [3.8, 4) is 11.5 Å². The van der Waals surface area contributed by atoms with Gasteiger partial charge < -0.3 is 25.2 Å². The summed E-state index contributed by atoms with van der Waals surface area (Å²) in [5.74, 6) is 2.19. The maximum Gasteiger partial charge on any atom is 0.196 e. The van der Waals surface area contributed by atoms with Crippen LogP contribution in [-0.2, 0) is 13.2 Å². The quantitative estimate of drug-likeness (QED) is 0.568. The maximum atomic E-state index is 9.45. The standard InChI is InChI=1S/C20H25N3O3/c1-2-21-20(22-13-15-6-3-4-7-16(15)14-24)23-17-8-9-18-19(12-17)26-11-5-10-25-18/h3-4,6-9,12,24H,2,5,10-11,13-14H2,1H3,(H2,21,22,23). The van der Waals surface area contributed by atoms with E-state index < -0.39 is 0 Å². The van der Waals surface area contributed by atoms with Crippen LogP contribution in [0.15, 0.2) is 47.5 Å². The third kappa shape index (κ3) is 4.67. The largest absolute Gasteiger partial charge is 0.490 e. The van der Waals surface area contributed by atoms with Crippen molar-refractivity contribution in [1.82, 2.24) is 5.32 Å². The Bertz CT molecular complexity index is 762. The number of rotatable bonds is 5. The summed E-state index contributed by atoms with van der Waals surface area (Å²) in [6.07, 6.45) is 0.881. The van der Waals surface area contributed by atoms with Crippen LogP contribution in [0.2, 0.25) is 0 Å². The van der Waals surface area contributed by atoms with Gasteiger partial charge in [0.05, 0.1) is 26.4 Å². The van der Waals surface area contributed by atoms with E-state index in [-0.39, 0.29) is 6.61 Å². The van der Waals surface area contributed by atoms with E-state index in [0.29, 0.717) is 25.7 Å². The molecule has 0 saturated carbocycles. The van der Waals surface area contributed by atoms with Gasteiger partial charge in [0.1, 0.15) is 0 Å². The molecule has 0 unspecified atom stereocenters. The molecule has 0 amide bonds. The number of aliphatic imine (C=N–C) groups is 1. The van der Waals surface area contributed by atoms with Gasteiger partial charge in [0, 0.05) is 24.7 Å². The molecule has 2 aromatic rings. The lowest BCUT2D eigenvalue weighted by Crippen LogP contribution is -2.30. The number of aliphatic hydroxyl groups is 1. The first-order chi connectivity index (χ1) is 12.8. The summed E-state index contributed by atoms with van der Waals surface area (Å²) in [6.45, 7) is 4.59. The van der Waals surface area contributed by atoms with E-state index in [2.05, 4.69) is 15.6 Å². The zero-order chi connectivity index (χ0) is 18.2. The molecule has 3 rings (SSSR count). The molecule has 0 bridgehead atoms. The summed E-state index contributed by atoms with van der Waals surface area (Å²) >= 11 is 0. The Morgan fingerprint density at radius 2 is 1.85 bits per heavy atom. The SMILES string of the molecule is CCNC(=NCc1ccccc1CO)Nc1ccc2c(c1)OCCCO2. The second-order valence-electron chi connectivity index (χ2n) is 5.96. The van der Waals surface area contributed by atoms with Crippen LogP contribution in [-0.4, -0.2) is 30.8 Å². The Morgan fingerprint density at radius 1 is 1.08 bits per heavy atom. The van der Waals surface area contributed by atoms with Crippen LogP contribution in [0.25, 0.3) is 0 Å². The number of nitrogens with one attached hydrogen (secondary N) is 2. The number of ether oxygens (including phenoxy) is 2. The monoisotopic (exact) mass is 355 g/mol. The molecule has 1 heterocycles. The lowest BCUT2D eigenvalue weighted by molar-refractivity contribution is 0.280. The Kier molecular flexibility index (Phi) is 6.33. The van der Waals surface area contributed by atoms with E-state index >= 15 is 0 Å². The minimum Gasteiger partial charge on any atom is -0.490 e. The van der Waals surface area contributed by atoms with Gasteiger partial charge in [-0.3, -0.25) is 0 Å². The van der Waals surface area contributed by atoms with E-state index in [9.17, 15) is 5.11 Å². The summed E-state index contributed by atoms with van der Waals surface area (Å²) in [4.78, 5) is 4.63. The average molecular weight is 355 g/mol. The van der Waals surface area contributed by atoms with E-state index in [4.69, 9.17) is 9.47 Å². The topological polar surface area (TPSA) is 75.1 Å². The Balaban J connectivity index is 1.75. The fraction of sp³-hybridized carbons (Fsp3) is 0.350. The molecule has 0 aliphatic carbocycles. The number of fused-ring (bicyclic) bond motifs is 1. The fourth-order valence-corrected chi connectivity index (χ4v) is 2.72. The summed E-state index contributed by atoms with van der Waals surface area (Å²) in [7, 11) is 0. The first-order valence-electron chi connectivity index (χ1n) is 8.92. The molecule has 3 N–H and O–H groups in total. The average Bonchev–Trinajstić information content (AvgIpc) is 2.91. The molecule has 26 heavy (non-hydrogen) atoms. The molecule has 2 aromatic carbocycles. The summed E-state index contributed by atoms with van der Waals surface area (Å²) in [5, 5.41) is 16.0. The van der Waals surface area contributed by atoms with Gasteiger partial charge in [-0.2, -0.15) is 0 Å². The molecule has 1 aliphatic heterocycles. The Morgan fingerprint density at radius 3 is 2.62 bits per heavy atom. The molecular weight excluding hydrogens is 330 g/mol. The molecule has 6 nitrogen and oxygen atoms in total. The van der Waals surface area contributed by atoms with Gasteiger partial charge >= 0.3 is 0 Å². The second-order valence-corrected chi connectivity index (χ2v) is 5.96. The van der Waals surface area contributed by atoms with Crippen molar-refractivity contribution in [1.29, 1.82) is 0 Å². The first-order valence-corrected chi connectivity index (χ1v) is 8.92. The van der Waals surface area contributed by atoms with Gasteiger partial charge in [0.15, 0.2) is 17.5 Å². The van der Waals surface area contributed by atoms with Crippen molar-refractivity contribution in [2.75, 3.05) is 25.1 Å². The van der Waals surface area contributed by atoms with Crippen LogP contribution in [0.4, 0.5) is 5.69 Å². The first kappa shape index (κ1) is 18.1. The van der Waals surface area contributed by atoms with E-state index in [1.54, 1.807) is 0 Å². The maximum absolute atomic E-state index is 9.45. The van der Waals surface area contributed by atoms with E-state index in [0.717, 1.165) is 41.3 Å². The van der Waals surface area contributed by atoms with Crippen LogP contribution in [0.5, 0.6) is 11.5 Å². The minimum atomic E-state index is 0.0117. The molecule has 0 saturated heterocycles. The van der Waals surface area contributed by atoms with Crippen molar-refractivity contribution in [2.45, 2.75) is 26.5 Å². The van der Waals surface area contributed by atoms with E-state index in [1.165, 1.54) is 0 Å². The van der Waals surface area contributed by atoms with Crippen LogP contribution >= 0.6 is 0 Å². The summed E-state index contributed by atoms with van der Waals surface area (Å²) in [5.41, 5.74) is 2.78. The molecule has 0 spiro atoms. The third-order valence-corrected chi connectivity index (χ3v) is 4.05. The zero-order valence-electron chi connectivity index (χ0n) is 15.0. The molecule has 138 valence electrons. The van der Waals surface area contributed by atoms with Gasteiger partial charge in [-0.05, 0) is 30.2 Å². The predicted molar refractivity (Wildman–Crippen MR) is 103 cm³/mol. The van der Waals surface area contributed by atoms with Gasteiger partial charge in [0.25, 0.3) is 0 Å². The van der Waals surface area contributed by atoms with Crippen molar-refractivity contribution in [3.05, 3.63) is 53.6 Å². The van der Waals surface area contributed by atoms with Crippen molar-refractivity contribution >= 4 is 11.6 Å². The van der Waals surface area contributed by atoms with Crippen LogP contribution < -0.4 is 20.1 Å². The zero-order valence-corrected chi connectivity index (χ0v) is 15.0. The van der Waals surface area contributed by atoms with Gasteiger partial charge in [0.2, 0.25) is 0 Å². The van der Waals surface area contributed by atoms with Crippen molar-refractivity contribution in [3.63, 3.8) is 0 Å². The lowest BCUT2D eigenvalue weighted by Gasteiger charge is -2.14. The number of hydrogen-bond donors (Lipinski definition) is 3. The number of anilines is 1. The fourth-order valence-electron chi connectivity index (χ4n) is 2.72. The second kappa shape index (κ2) is 9.10.